The number of benzene rings is 1. The van der Waals surface area contributed by atoms with Crippen LogP contribution in [-0.2, 0) is 6.42 Å². The zero-order chi connectivity index (χ0) is 16.1. The van der Waals surface area contributed by atoms with Crippen molar-refractivity contribution in [3.05, 3.63) is 46.6 Å². The van der Waals surface area contributed by atoms with Crippen LogP contribution < -0.4 is 0 Å². The van der Waals surface area contributed by atoms with Crippen LogP contribution in [-0.4, -0.2) is 15.1 Å². The molecular formula is C18H16ClN3O. The number of halogens is 1. The second-order valence-electron chi connectivity index (χ2n) is 5.78. The first kappa shape index (κ1) is 14.3. The van der Waals surface area contributed by atoms with E-state index in [4.69, 9.17) is 16.1 Å². The predicted octanol–water partition coefficient (Wildman–Crippen LogP) is 5.20. The van der Waals surface area contributed by atoms with Crippen LogP contribution in [0.5, 0.6) is 0 Å². The molecule has 3 heterocycles. The molecule has 0 unspecified atom stereocenters. The van der Waals surface area contributed by atoms with Gasteiger partial charge in [-0.25, -0.2) is 4.98 Å². The van der Waals surface area contributed by atoms with Crippen molar-refractivity contribution in [3.8, 4) is 11.1 Å². The van der Waals surface area contributed by atoms with Crippen molar-refractivity contribution in [2.45, 2.75) is 27.2 Å². The molecule has 4 aromatic rings. The summed E-state index contributed by atoms with van der Waals surface area (Å²) in [4.78, 5) is 7.62. The molecule has 0 aliphatic rings. The van der Waals surface area contributed by atoms with Crippen LogP contribution in [0.3, 0.4) is 0 Å². The van der Waals surface area contributed by atoms with E-state index in [9.17, 15) is 0 Å². The quantitative estimate of drug-likeness (QED) is 0.515. The van der Waals surface area contributed by atoms with Gasteiger partial charge in [0.05, 0.1) is 11.2 Å². The van der Waals surface area contributed by atoms with Gasteiger partial charge in [-0.3, -0.25) is 0 Å². The van der Waals surface area contributed by atoms with E-state index in [0.717, 1.165) is 50.8 Å². The molecular weight excluding hydrogens is 310 g/mol. The Morgan fingerprint density at radius 2 is 2.04 bits per heavy atom. The molecule has 0 radical (unpaired) electrons. The fourth-order valence-electron chi connectivity index (χ4n) is 3.23. The molecule has 0 saturated heterocycles. The molecule has 0 spiro atoms. The molecule has 0 bridgehead atoms. The molecule has 4 nitrogen and oxygen atoms in total. The first-order valence-electron chi connectivity index (χ1n) is 7.62. The summed E-state index contributed by atoms with van der Waals surface area (Å²) in [5.41, 5.74) is 6.35. The van der Waals surface area contributed by atoms with Crippen LogP contribution >= 0.6 is 11.6 Å². The first-order chi connectivity index (χ1) is 11.1. The number of nitrogens with one attached hydrogen (secondary N) is 1. The van der Waals surface area contributed by atoms with Crippen molar-refractivity contribution in [2.75, 3.05) is 0 Å². The number of aromatic nitrogens is 3. The number of H-pyrrole nitrogens is 1. The molecule has 23 heavy (non-hydrogen) atoms. The standard InChI is InChI=1S/C18H16ClN3O/c1-4-15-16(10(3)22-23-15)11-8-14-12(7-9(11)2)17-13(21-14)5-6-20-18(17)19/h5-8,21H,4H2,1-3H3. The summed E-state index contributed by atoms with van der Waals surface area (Å²) in [6.07, 6.45) is 2.53. The van der Waals surface area contributed by atoms with Crippen LogP contribution in [0.25, 0.3) is 32.9 Å². The zero-order valence-corrected chi connectivity index (χ0v) is 14.0. The van der Waals surface area contributed by atoms with E-state index in [1.165, 1.54) is 5.56 Å². The predicted molar refractivity (Wildman–Crippen MR) is 93.0 cm³/mol. The molecule has 1 aromatic carbocycles. The molecule has 0 amide bonds. The van der Waals surface area contributed by atoms with Gasteiger partial charge in [0.15, 0.2) is 0 Å². The Hall–Kier alpha value is -2.33. The minimum Gasteiger partial charge on any atom is -0.360 e. The van der Waals surface area contributed by atoms with Crippen LogP contribution in [0.4, 0.5) is 0 Å². The fraction of sp³-hybridized carbons (Fsp3) is 0.222. The Morgan fingerprint density at radius 1 is 1.22 bits per heavy atom. The average Bonchev–Trinajstić information content (AvgIpc) is 3.07. The van der Waals surface area contributed by atoms with Crippen molar-refractivity contribution < 1.29 is 4.52 Å². The lowest BCUT2D eigenvalue weighted by Gasteiger charge is -2.07. The molecule has 0 aliphatic heterocycles. The van der Waals surface area contributed by atoms with Crippen molar-refractivity contribution in [1.29, 1.82) is 0 Å². The van der Waals surface area contributed by atoms with E-state index < -0.39 is 0 Å². The normalized spacial score (nSPS) is 11.7. The lowest BCUT2D eigenvalue weighted by molar-refractivity contribution is 0.383. The van der Waals surface area contributed by atoms with Gasteiger partial charge in [-0.2, -0.15) is 0 Å². The van der Waals surface area contributed by atoms with Crippen LogP contribution in [0.1, 0.15) is 23.9 Å². The van der Waals surface area contributed by atoms with Gasteiger partial charge in [0.25, 0.3) is 0 Å². The van der Waals surface area contributed by atoms with Crippen LogP contribution in [0, 0.1) is 13.8 Å². The summed E-state index contributed by atoms with van der Waals surface area (Å²) in [6, 6.07) is 6.25. The number of rotatable bonds is 2. The number of aryl methyl sites for hydroxylation is 3. The number of hydrogen-bond acceptors (Lipinski definition) is 3. The van der Waals surface area contributed by atoms with Gasteiger partial charge in [0.1, 0.15) is 10.9 Å². The lowest BCUT2D eigenvalue weighted by Crippen LogP contribution is -1.89. The lowest BCUT2D eigenvalue weighted by atomic mass is 9.96. The van der Waals surface area contributed by atoms with E-state index in [1.54, 1.807) is 6.20 Å². The summed E-state index contributed by atoms with van der Waals surface area (Å²) in [5.74, 6) is 0.917. The fourth-order valence-corrected chi connectivity index (χ4v) is 3.49. The van der Waals surface area contributed by atoms with Gasteiger partial charge >= 0.3 is 0 Å². The van der Waals surface area contributed by atoms with Crippen molar-refractivity contribution in [2.24, 2.45) is 0 Å². The third-order valence-electron chi connectivity index (χ3n) is 4.33. The van der Waals surface area contributed by atoms with E-state index in [1.807, 2.05) is 13.0 Å². The second kappa shape index (κ2) is 5.10. The number of nitrogens with zero attached hydrogens (tertiary/aromatic N) is 2. The third-order valence-corrected chi connectivity index (χ3v) is 4.62. The second-order valence-corrected chi connectivity index (χ2v) is 6.14. The highest BCUT2D eigenvalue weighted by atomic mass is 35.5. The first-order valence-corrected chi connectivity index (χ1v) is 8.00. The highest BCUT2D eigenvalue weighted by Crippen LogP contribution is 2.37. The van der Waals surface area contributed by atoms with Crippen molar-refractivity contribution in [1.82, 2.24) is 15.1 Å². The summed E-state index contributed by atoms with van der Waals surface area (Å²) >= 11 is 6.29. The van der Waals surface area contributed by atoms with E-state index in [0.29, 0.717) is 5.15 Å². The molecule has 116 valence electrons. The minimum atomic E-state index is 0.524. The Balaban J connectivity index is 2.07. The maximum atomic E-state index is 6.29. The monoisotopic (exact) mass is 325 g/mol. The summed E-state index contributed by atoms with van der Waals surface area (Å²) < 4.78 is 5.45. The number of aromatic amines is 1. The average molecular weight is 326 g/mol. The van der Waals surface area contributed by atoms with E-state index in [2.05, 4.69) is 41.1 Å². The summed E-state index contributed by atoms with van der Waals surface area (Å²) in [6.45, 7) is 6.16. The molecule has 3 aromatic heterocycles. The highest BCUT2D eigenvalue weighted by molar-refractivity contribution is 6.36. The Kier molecular flexibility index (Phi) is 3.16. The van der Waals surface area contributed by atoms with Crippen molar-refractivity contribution >= 4 is 33.4 Å². The SMILES string of the molecule is CCc1onc(C)c1-c1cc2[nH]c3ccnc(Cl)c3c2cc1C. The van der Waals surface area contributed by atoms with Gasteiger partial charge in [0.2, 0.25) is 0 Å². The molecule has 1 N–H and O–H groups in total. The molecule has 0 atom stereocenters. The molecule has 4 rings (SSSR count). The van der Waals surface area contributed by atoms with Gasteiger partial charge < -0.3 is 9.51 Å². The topological polar surface area (TPSA) is 54.7 Å². The summed E-state index contributed by atoms with van der Waals surface area (Å²) in [5, 5.41) is 6.71. The molecule has 0 aliphatic carbocycles. The van der Waals surface area contributed by atoms with Crippen LogP contribution in [0.15, 0.2) is 28.9 Å². The number of fused-ring (bicyclic) bond motifs is 3. The molecule has 0 fully saturated rings. The maximum absolute atomic E-state index is 6.29. The number of pyridine rings is 1. The molecule has 0 saturated carbocycles. The zero-order valence-electron chi connectivity index (χ0n) is 13.2. The van der Waals surface area contributed by atoms with Crippen molar-refractivity contribution in [3.63, 3.8) is 0 Å². The van der Waals surface area contributed by atoms with Gasteiger partial charge in [0, 0.05) is 34.5 Å². The van der Waals surface area contributed by atoms with E-state index >= 15 is 0 Å². The molecule has 5 heteroatoms. The van der Waals surface area contributed by atoms with Gasteiger partial charge in [-0.05, 0) is 43.2 Å². The third kappa shape index (κ3) is 2.05. The Labute approximate surface area is 138 Å². The summed E-state index contributed by atoms with van der Waals surface area (Å²) in [7, 11) is 0. The highest BCUT2D eigenvalue weighted by Gasteiger charge is 2.18. The minimum absolute atomic E-state index is 0.524. The smallest absolute Gasteiger partial charge is 0.144 e. The Morgan fingerprint density at radius 3 is 2.83 bits per heavy atom. The largest absolute Gasteiger partial charge is 0.360 e. The Bertz CT molecular complexity index is 1050. The van der Waals surface area contributed by atoms with Crippen LogP contribution in [0.2, 0.25) is 5.15 Å². The van der Waals surface area contributed by atoms with Gasteiger partial charge in [-0.1, -0.05) is 23.7 Å². The van der Waals surface area contributed by atoms with Gasteiger partial charge in [-0.15, -0.1) is 0 Å². The number of hydrogen-bond donors (Lipinski definition) is 1. The maximum Gasteiger partial charge on any atom is 0.144 e. The van der Waals surface area contributed by atoms with E-state index in [-0.39, 0.29) is 0 Å².